The predicted octanol–water partition coefficient (Wildman–Crippen LogP) is 3.58. The van der Waals surface area contributed by atoms with Crippen molar-refractivity contribution in [1.29, 1.82) is 0 Å². The zero-order chi connectivity index (χ0) is 20.6. The van der Waals surface area contributed by atoms with Crippen molar-refractivity contribution in [2.24, 2.45) is 5.10 Å². The molecule has 0 saturated carbocycles. The van der Waals surface area contributed by atoms with Gasteiger partial charge in [-0.1, -0.05) is 30.3 Å². The van der Waals surface area contributed by atoms with Crippen LogP contribution in [0.4, 0.5) is 5.69 Å². The first kappa shape index (κ1) is 19.4. The van der Waals surface area contributed by atoms with Gasteiger partial charge >= 0.3 is 5.97 Å². The molecule has 0 bridgehead atoms. The molecule has 3 aromatic carbocycles. The van der Waals surface area contributed by atoms with Gasteiger partial charge in [-0.3, -0.25) is 14.9 Å². The van der Waals surface area contributed by atoms with Crippen molar-refractivity contribution >= 4 is 23.8 Å². The van der Waals surface area contributed by atoms with Crippen LogP contribution in [0.5, 0.6) is 5.75 Å². The number of nitro benzene ring substituents is 1. The highest BCUT2D eigenvalue weighted by molar-refractivity contribution is 5.96. The van der Waals surface area contributed by atoms with Crippen molar-refractivity contribution in [2.75, 3.05) is 0 Å². The molecule has 0 heterocycles. The summed E-state index contributed by atoms with van der Waals surface area (Å²) in [5.41, 5.74) is 3.10. The maximum atomic E-state index is 12.2. The maximum Gasteiger partial charge on any atom is 0.350 e. The van der Waals surface area contributed by atoms with E-state index in [9.17, 15) is 19.7 Å². The van der Waals surface area contributed by atoms with Crippen molar-refractivity contribution in [3.8, 4) is 5.75 Å². The molecule has 0 fully saturated rings. The number of amides is 1. The average molecular weight is 389 g/mol. The molecule has 0 radical (unpaired) electrons. The van der Waals surface area contributed by atoms with Gasteiger partial charge in [-0.2, -0.15) is 5.10 Å². The lowest BCUT2D eigenvalue weighted by Gasteiger charge is -2.05. The Morgan fingerprint density at radius 2 is 1.59 bits per heavy atom. The molecule has 1 amide bonds. The van der Waals surface area contributed by atoms with Crippen LogP contribution in [0.3, 0.4) is 0 Å². The van der Waals surface area contributed by atoms with Gasteiger partial charge in [0.15, 0.2) is 0 Å². The molecule has 29 heavy (non-hydrogen) atoms. The highest BCUT2D eigenvalue weighted by Crippen LogP contribution is 2.20. The fraction of sp³-hybridized carbons (Fsp3) is 0. The SMILES string of the molecule is O=C(N/N=C\c1ccc(OC(=O)c2ccccc2[N+](=O)[O-])cc1)c1ccccc1. The van der Waals surface area contributed by atoms with E-state index in [2.05, 4.69) is 10.5 Å². The lowest BCUT2D eigenvalue weighted by molar-refractivity contribution is -0.385. The Labute approximate surface area is 165 Å². The van der Waals surface area contributed by atoms with Crippen molar-refractivity contribution in [2.45, 2.75) is 0 Å². The third-order valence-corrected chi connectivity index (χ3v) is 3.83. The van der Waals surface area contributed by atoms with Gasteiger partial charge in [0.1, 0.15) is 11.3 Å². The summed E-state index contributed by atoms with van der Waals surface area (Å²) in [7, 11) is 0. The summed E-state index contributed by atoms with van der Waals surface area (Å²) in [4.78, 5) is 34.5. The molecule has 0 aromatic heterocycles. The summed E-state index contributed by atoms with van der Waals surface area (Å²) in [5, 5.41) is 14.9. The summed E-state index contributed by atoms with van der Waals surface area (Å²) in [6.45, 7) is 0. The van der Waals surface area contributed by atoms with E-state index in [1.165, 1.54) is 42.6 Å². The van der Waals surface area contributed by atoms with Crippen molar-refractivity contribution < 1.29 is 19.2 Å². The van der Waals surface area contributed by atoms with Gasteiger partial charge in [0.25, 0.3) is 11.6 Å². The fourth-order valence-electron chi connectivity index (χ4n) is 2.41. The van der Waals surface area contributed by atoms with E-state index in [1.807, 2.05) is 6.07 Å². The number of rotatable bonds is 6. The Morgan fingerprint density at radius 3 is 2.28 bits per heavy atom. The van der Waals surface area contributed by atoms with Crippen LogP contribution in [0, 0.1) is 10.1 Å². The van der Waals surface area contributed by atoms with Crippen molar-refractivity contribution in [3.05, 3.63) is 106 Å². The molecule has 0 aliphatic rings. The van der Waals surface area contributed by atoms with Gasteiger partial charge in [0, 0.05) is 11.6 Å². The first-order valence-electron chi connectivity index (χ1n) is 8.49. The number of benzene rings is 3. The largest absolute Gasteiger partial charge is 0.423 e. The van der Waals surface area contributed by atoms with Crippen molar-refractivity contribution in [1.82, 2.24) is 5.43 Å². The Bertz CT molecular complexity index is 1060. The lowest BCUT2D eigenvalue weighted by Crippen LogP contribution is -2.17. The summed E-state index contributed by atoms with van der Waals surface area (Å²) in [6, 6.07) is 20.5. The molecular formula is C21H15N3O5. The number of carbonyl (C=O) groups excluding carboxylic acids is 2. The first-order chi connectivity index (χ1) is 14.0. The van der Waals surface area contributed by atoms with Gasteiger partial charge in [-0.15, -0.1) is 0 Å². The second-order valence-corrected chi connectivity index (χ2v) is 5.80. The smallest absolute Gasteiger partial charge is 0.350 e. The van der Waals surface area contributed by atoms with E-state index in [0.717, 1.165) is 0 Å². The Hall–Kier alpha value is -4.33. The number of hydrazone groups is 1. The minimum Gasteiger partial charge on any atom is -0.423 e. The molecule has 3 aromatic rings. The van der Waals surface area contributed by atoms with Gasteiger partial charge in [0.2, 0.25) is 0 Å². The average Bonchev–Trinajstić information content (AvgIpc) is 2.75. The highest BCUT2D eigenvalue weighted by Gasteiger charge is 2.20. The van der Waals surface area contributed by atoms with Crippen LogP contribution in [0.25, 0.3) is 0 Å². The maximum absolute atomic E-state index is 12.2. The number of hydrogen-bond donors (Lipinski definition) is 1. The number of hydrogen-bond acceptors (Lipinski definition) is 6. The van der Waals surface area contributed by atoms with E-state index in [-0.39, 0.29) is 22.9 Å². The van der Waals surface area contributed by atoms with Gasteiger partial charge in [0.05, 0.1) is 11.1 Å². The molecule has 0 spiro atoms. The van der Waals surface area contributed by atoms with E-state index in [0.29, 0.717) is 11.1 Å². The summed E-state index contributed by atoms with van der Waals surface area (Å²) < 4.78 is 5.19. The van der Waals surface area contributed by atoms with E-state index in [1.54, 1.807) is 36.4 Å². The van der Waals surface area contributed by atoms with Crippen LogP contribution >= 0.6 is 0 Å². The minimum atomic E-state index is -0.825. The number of nitrogens with one attached hydrogen (secondary N) is 1. The number of carbonyl (C=O) groups is 2. The van der Waals surface area contributed by atoms with E-state index < -0.39 is 10.9 Å². The summed E-state index contributed by atoms with van der Waals surface area (Å²) in [5.74, 6) is -0.940. The molecule has 0 atom stereocenters. The first-order valence-corrected chi connectivity index (χ1v) is 8.49. The monoisotopic (exact) mass is 389 g/mol. The zero-order valence-corrected chi connectivity index (χ0v) is 15.0. The molecular weight excluding hydrogens is 374 g/mol. The molecule has 3 rings (SSSR count). The molecule has 0 aliphatic carbocycles. The van der Waals surface area contributed by atoms with Crippen LogP contribution in [-0.2, 0) is 0 Å². The van der Waals surface area contributed by atoms with Crippen LogP contribution in [0.15, 0.2) is 84.0 Å². The van der Waals surface area contributed by atoms with E-state index in [4.69, 9.17) is 4.74 Å². The summed E-state index contributed by atoms with van der Waals surface area (Å²) >= 11 is 0. The Balaban J connectivity index is 1.61. The number of ether oxygens (including phenoxy) is 1. The van der Waals surface area contributed by atoms with Gasteiger partial charge < -0.3 is 4.74 Å². The molecule has 8 nitrogen and oxygen atoms in total. The lowest BCUT2D eigenvalue weighted by atomic mass is 10.2. The molecule has 8 heteroatoms. The fourth-order valence-corrected chi connectivity index (χ4v) is 2.41. The number of esters is 1. The minimum absolute atomic E-state index is 0.133. The molecule has 0 saturated heterocycles. The number of nitrogens with zero attached hydrogens (tertiary/aromatic N) is 2. The summed E-state index contributed by atoms with van der Waals surface area (Å²) in [6.07, 6.45) is 1.44. The van der Waals surface area contributed by atoms with Gasteiger partial charge in [-0.05, 0) is 48.0 Å². The van der Waals surface area contributed by atoms with Crippen LogP contribution in [-0.4, -0.2) is 23.0 Å². The second kappa shape index (κ2) is 9.05. The highest BCUT2D eigenvalue weighted by atomic mass is 16.6. The Morgan fingerprint density at radius 1 is 0.931 bits per heavy atom. The molecule has 144 valence electrons. The molecule has 1 N–H and O–H groups in total. The number of para-hydroxylation sites is 1. The standard InChI is InChI=1S/C21H15N3O5/c25-20(16-6-2-1-3-7-16)23-22-14-15-10-12-17(13-11-15)29-21(26)18-8-4-5-9-19(18)24(27)28/h1-14H,(H,23,25)/b22-14-. The topological polar surface area (TPSA) is 111 Å². The number of nitro groups is 1. The van der Waals surface area contributed by atoms with Gasteiger partial charge in [-0.25, -0.2) is 10.2 Å². The quantitative estimate of drug-likeness (QED) is 0.228. The zero-order valence-electron chi connectivity index (χ0n) is 15.0. The van der Waals surface area contributed by atoms with Crippen LogP contribution < -0.4 is 10.2 Å². The molecule has 0 unspecified atom stereocenters. The molecule has 0 aliphatic heterocycles. The van der Waals surface area contributed by atoms with Crippen LogP contribution in [0.1, 0.15) is 26.3 Å². The second-order valence-electron chi connectivity index (χ2n) is 5.80. The third-order valence-electron chi connectivity index (χ3n) is 3.83. The van der Waals surface area contributed by atoms with Crippen LogP contribution in [0.2, 0.25) is 0 Å². The van der Waals surface area contributed by atoms with Crippen molar-refractivity contribution in [3.63, 3.8) is 0 Å². The predicted molar refractivity (Wildman–Crippen MR) is 106 cm³/mol. The Kier molecular flexibility index (Phi) is 6.06. The third kappa shape index (κ3) is 5.10. The van der Waals surface area contributed by atoms with E-state index >= 15 is 0 Å². The normalized spacial score (nSPS) is 10.5.